The molecule has 1 aromatic heterocycles. The molecule has 0 aliphatic carbocycles. The van der Waals surface area contributed by atoms with Crippen molar-refractivity contribution in [1.82, 2.24) is 9.88 Å². The molecule has 86 valence electrons. The molecule has 0 radical (unpaired) electrons. The molecule has 5 nitrogen and oxygen atoms in total. The zero-order valence-corrected chi connectivity index (χ0v) is 8.87. The van der Waals surface area contributed by atoms with Gasteiger partial charge in [0.05, 0.1) is 19.8 Å². The largest absolute Gasteiger partial charge is 0.449 e. The van der Waals surface area contributed by atoms with Crippen LogP contribution in [0.1, 0.15) is 5.56 Å². The van der Waals surface area contributed by atoms with Crippen LogP contribution in [0.25, 0.3) is 0 Å². The van der Waals surface area contributed by atoms with Crippen molar-refractivity contribution >= 4 is 6.09 Å². The maximum Gasteiger partial charge on any atom is 0.410 e. The molecule has 16 heavy (non-hydrogen) atoms. The van der Waals surface area contributed by atoms with E-state index in [2.05, 4.69) is 4.98 Å². The number of aliphatic hydroxyl groups excluding tert-OH is 1. The second kappa shape index (κ2) is 4.94. The normalized spacial score (nSPS) is 20.7. The second-order valence-corrected chi connectivity index (χ2v) is 3.87. The number of ether oxygens (including phenoxy) is 1. The number of carbonyl (C=O) groups excluding carboxylic acids is 1. The quantitative estimate of drug-likeness (QED) is 0.815. The van der Waals surface area contributed by atoms with Gasteiger partial charge in [0.25, 0.3) is 0 Å². The van der Waals surface area contributed by atoms with Gasteiger partial charge in [-0.3, -0.25) is 4.98 Å². The maximum absolute atomic E-state index is 11.5. The number of cyclic esters (lactones) is 1. The van der Waals surface area contributed by atoms with Crippen molar-refractivity contribution in [3.05, 3.63) is 30.1 Å². The summed E-state index contributed by atoms with van der Waals surface area (Å²) in [7, 11) is 0. The molecule has 1 N–H and O–H groups in total. The maximum atomic E-state index is 11.5. The smallest absolute Gasteiger partial charge is 0.410 e. The Morgan fingerprint density at radius 3 is 3.19 bits per heavy atom. The Labute approximate surface area is 93.7 Å². The molecule has 0 aromatic carbocycles. The highest BCUT2D eigenvalue weighted by Gasteiger charge is 2.26. The minimum Gasteiger partial charge on any atom is -0.449 e. The topological polar surface area (TPSA) is 62.7 Å². The van der Waals surface area contributed by atoms with Crippen molar-refractivity contribution in [3.63, 3.8) is 0 Å². The van der Waals surface area contributed by atoms with E-state index in [4.69, 9.17) is 9.84 Å². The van der Waals surface area contributed by atoms with E-state index in [1.807, 2.05) is 12.1 Å². The van der Waals surface area contributed by atoms with Crippen LogP contribution in [0, 0.1) is 5.92 Å². The lowest BCUT2D eigenvalue weighted by molar-refractivity contribution is 0.0221. The van der Waals surface area contributed by atoms with Gasteiger partial charge in [0.2, 0.25) is 0 Å². The van der Waals surface area contributed by atoms with Gasteiger partial charge in [-0.05, 0) is 11.6 Å². The van der Waals surface area contributed by atoms with E-state index in [9.17, 15) is 4.79 Å². The summed E-state index contributed by atoms with van der Waals surface area (Å²) < 4.78 is 4.97. The van der Waals surface area contributed by atoms with E-state index >= 15 is 0 Å². The first-order valence-corrected chi connectivity index (χ1v) is 5.21. The SMILES string of the molecule is O=C1OCC(CO)CN1Cc1cccnc1. The van der Waals surface area contributed by atoms with Crippen LogP contribution in [0.3, 0.4) is 0 Å². The highest BCUT2D eigenvalue weighted by molar-refractivity contribution is 5.68. The van der Waals surface area contributed by atoms with Gasteiger partial charge < -0.3 is 14.7 Å². The Morgan fingerprint density at radius 1 is 1.62 bits per heavy atom. The Kier molecular flexibility index (Phi) is 3.36. The summed E-state index contributed by atoms with van der Waals surface area (Å²) in [4.78, 5) is 17.0. The molecule has 1 aliphatic rings. The zero-order valence-electron chi connectivity index (χ0n) is 8.87. The van der Waals surface area contributed by atoms with Crippen molar-refractivity contribution in [1.29, 1.82) is 0 Å². The van der Waals surface area contributed by atoms with Crippen LogP contribution in [-0.2, 0) is 11.3 Å². The minimum absolute atomic E-state index is 0.00868. The molecule has 1 aromatic rings. The fourth-order valence-electron chi connectivity index (χ4n) is 1.67. The van der Waals surface area contributed by atoms with E-state index in [-0.39, 0.29) is 18.6 Å². The number of aromatic nitrogens is 1. The summed E-state index contributed by atoms with van der Waals surface area (Å²) in [6.07, 6.45) is 3.08. The Bertz CT molecular complexity index is 356. The second-order valence-electron chi connectivity index (χ2n) is 3.87. The van der Waals surface area contributed by atoms with E-state index < -0.39 is 0 Å². The lowest BCUT2D eigenvalue weighted by atomic mass is 10.1. The number of hydrogen-bond acceptors (Lipinski definition) is 4. The molecular formula is C11H14N2O3. The summed E-state index contributed by atoms with van der Waals surface area (Å²) in [5.74, 6) is 0.00868. The van der Waals surface area contributed by atoms with Crippen LogP contribution in [0.15, 0.2) is 24.5 Å². The van der Waals surface area contributed by atoms with Crippen molar-refractivity contribution in [2.24, 2.45) is 5.92 Å². The molecule has 0 spiro atoms. The highest BCUT2D eigenvalue weighted by atomic mass is 16.6. The molecule has 1 atom stereocenters. The van der Waals surface area contributed by atoms with E-state index in [0.717, 1.165) is 5.56 Å². The van der Waals surface area contributed by atoms with E-state index in [1.54, 1.807) is 17.3 Å². The summed E-state index contributed by atoms with van der Waals surface area (Å²) in [6, 6.07) is 3.73. The first-order chi connectivity index (χ1) is 7.79. The number of carbonyl (C=O) groups is 1. The molecular weight excluding hydrogens is 208 g/mol. The summed E-state index contributed by atoms with van der Waals surface area (Å²) >= 11 is 0. The number of amides is 1. The fraction of sp³-hybridized carbons (Fsp3) is 0.455. The van der Waals surface area contributed by atoms with Crippen molar-refractivity contribution in [2.75, 3.05) is 19.8 Å². The van der Waals surface area contributed by atoms with Crippen molar-refractivity contribution < 1.29 is 14.6 Å². The lowest BCUT2D eigenvalue weighted by Gasteiger charge is -2.31. The first-order valence-electron chi connectivity index (χ1n) is 5.21. The molecule has 1 fully saturated rings. The third-order valence-corrected chi connectivity index (χ3v) is 2.53. The third kappa shape index (κ3) is 2.49. The summed E-state index contributed by atoms with van der Waals surface area (Å²) in [6.45, 7) is 1.35. The third-order valence-electron chi connectivity index (χ3n) is 2.53. The number of rotatable bonds is 3. The Hall–Kier alpha value is -1.62. The lowest BCUT2D eigenvalue weighted by Crippen LogP contribution is -2.43. The first kappa shape index (κ1) is 10.9. The van der Waals surface area contributed by atoms with E-state index in [0.29, 0.717) is 19.7 Å². The fourth-order valence-corrected chi connectivity index (χ4v) is 1.67. The molecule has 1 aliphatic heterocycles. The average molecular weight is 222 g/mol. The zero-order chi connectivity index (χ0) is 11.4. The number of aliphatic hydroxyl groups is 1. The Morgan fingerprint density at radius 2 is 2.50 bits per heavy atom. The van der Waals surface area contributed by atoms with Crippen LogP contribution in [0.4, 0.5) is 4.79 Å². The molecule has 2 heterocycles. The van der Waals surface area contributed by atoms with Gasteiger partial charge in [-0.2, -0.15) is 0 Å². The van der Waals surface area contributed by atoms with Gasteiger partial charge in [-0.1, -0.05) is 6.07 Å². The van der Waals surface area contributed by atoms with Gasteiger partial charge in [0, 0.05) is 24.9 Å². The van der Waals surface area contributed by atoms with Crippen LogP contribution < -0.4 is 0 Å². The predicted octanol–water partition coefficient (Wildman–Crippen LogP) is 0.642. The summed E-state index contributed by atoms with van der Waals surface area (Å²) in [5, 5.41) is 9.03. The molecule has 1 unspecified atom stereocenters. The summed E-state index contributed by atoms with van der Waals surface area (Å²) in [5.41, 5.74) is 0.957. The molecule has 0 bridgehead atoms. The molecule has 5 heteroatoms. The molecule has 1 saturated heterocycles. The van der Waals surface area contributed by atoms with Gasteiger partial charge in [-0.15, -0.1) is 0 Å². The van der Waals surface area contributed by atoms with Crippen molar-refractivity contribution in [3.8, 4) is 0 Å². The molecule has 0 saturated carbocycles. The number of nitrogens with zero attached hydrogens (tertiary/aromatic N) is 2. The van der Waals surface area contributed by atoms with Gasteiger partial charge in [0.15, 0.2) is 0 Å². The van der Waals surface area contributed by atoms with Gasteiger partial charge in [-0.25, -0.2) is 4.79 Å². The average Bonchev–Trinajstić information content (AvgIpc) is 2.33. The van der Waals surface area contributed by atoms with Crippen LogP contribution in [-0.4, -0.2) is 40.8 Å². The number of hydrogen-bond donors (Lipinski definition) is 1. The van der Waals surface area contributed by atoms with Gasteiger partial charge >= 0.3 is 6.09 Å². The van der Waals surface area contributed by atoms with Crippen LogP contribution >= 0.6 is 0 Å². The van der Waals surface area contributed by atoms with Gasteiger partial charge in [0.1, 0.15) is 0 Å². The van der Waals surface area contributed by atoms with Crippen LogP contribution in [0.5, 0.6) is 0 Å². The number of pyridine rings is 1. The molecule has 1 amide bonds. The van der Waals surface area contributed by atoms with E-state index in [1.165, 1.54) is 0 Å². The van der Waals surface area contributed by atoms with Crippen molar-refractivity contribution in [2.45, 2.75) is 6.54 Å². The monoisotopic (exact) mass is 222 g/mol. The predicted molar refractivity (Wildman–Crippen MR) is 56.6 cm³/mol. The Balaban J connectivity index is 2.00. The highest BCUT2D eigenvalue weighted by Crippen LogP contribution is 2.13. The molecule has 2 rings (SSSR count). The standard InChI is InChI=1S/C11H14N2O3/c14-7-10-6-13(11(15)16-8-10)5-9-2-1-3-12-4-9/h1-4,10,14H,5-8H2. The van der Waals surface area contributed by atoms with Crippen LogP contribution in [0.2, 0.25) is 0 Å². The minimum atomic E-state index is -0.325.